The SMILES string of the molecule is O=C1NC(=O)C(c2ccc(Oc3ccccc3)cc2)C(=O)N1. The summed E-state index contributed by atoms with van der Waals surface area (Å²) in [5.74, 6) is -1.03. The van der Waals surface area contributed by atoms with Gasteiger partial charge in [0.15, 0.2) is 0 Å². The highest BCUT2D eigenvalue weighted by Gasteiger charge is 2.35. The third-order valence-electron chi connectivity index (χ3n) is 3.19. The first-order valence-electron chi connectivity index (χ1n) is 6.62. The van der Waals surface area contributed by atoms with E-state index in [2.05, 4.69) is 10.6 Å². The van der Waals surface area contributed by atoms with E-state index in [1.165, 1.54) is 0 Å². The average Bonchev–Trinajstić information content (AvgIpc) is 2.49. The van der Waals surface area contributed by atoms with Gasteiger partial charge in [-0.25, -0.2) is 4.79 Å². The van der Waals surface area contributed by atoms with Gasteiger partial charge in [-0.15, -0.1) is 0 Å². The maximum absolute atomic E-state index is 11.8. The van der Waals surface area contributed by atoms with Crippen LogP contribution in [0, 0.1) is 0 Å². The fraction of sp³-hybridized carbons (Fsp3) is 0.0625. The number of rotatable bonds is 3. The van der Waals surface area contributed by atoms with E-state index in [1.54, 1.807) is 24.3 Å². The van der Waals surface area contributed by atoms with Gasteiger partial charge in [-0.2, -0.15) is 0 Å². The summed E-state index contributed by atoms with van der Waals surface area (Å²) in [5, 5.41) is 4.14. The Kier molecular flexibility index (Phi) is 3.57. The molecular weight excluding hydrogens is 284 g/mol. The molecule has 0 bridgehead atoms. The lowest BCUT2D eigenvalue weighted by molar-refractivity contribution is -0.132. The topological polar surface area (TPSA) is 84.5 Å². The molecule has 110 valence electrons. The summed E-state index contributed by atoms with van der Waals surface area (Å²) >= 11 is 0. The van der Waals surface area contributed by atoms with Gasteiger partial charge in [-0.1, -0.05) is 30.3 Å². The number of imide groups is 2. The predicted molar refractivity (Wildman–Crippen MR) is 77.4 cm³/mol. The number of nitrogens with one attached hydrogen (secondary N) is 2. The first-order valence-corrected chi connectivity index (χ1v) is 6.62. The van der Waals surface area contributed by atoms with Crippen LogP contribution in [0.1, 0.15) is 11.5 Å². The van der Waals surface area contributed by atoms with E-state index in [0.717, 1.165) is 0 Å². The van der Waals surface area contributed by atoms with Crippen molar-refractivity contribution in [2.45, 2.75) is 5.92 Å². The Bertz CT molecular complexity index is 706. The third kappa shape index (κ3) is 2.80. The molecule has 2 N–H and O–H groups in total. The number of benzene rings is 2. The molecule has 0 spiro atoms. The molecule has 0 aliphatic carbocycles. The Labute approximate surface area is 126 Å². The number of ether oxygens (including phenoxy) is 1. The van der Waals surface area contributed by atoms with Crippen LogP contribution >= 0.6 is 0 Å². The highest BCUT2D eigenvalue weighted by molar-refractivity contribution is 6.19. The van der Waals surface area contributed by atoms with Gasteiger partial charge in [-0.05, 0) is 29.8 Å². The van der Waals surface area contributed by atoms with Gasteiger partial charge in [0.05, 0.1) is 0 Å². The number of amides is 4. The van der Waals surface area contributed by atoms with Crippen molar-refractivity contribution in [2.75, 3.05) is 0 Å². The molecule has 0 saturated carbocycles. The number of barbiturate groups is 1. The molecule has 2 aromatic rings. The first-order chi connectivity index (χ1) is 10.6. The molecule has 2 aromatic carbocycles. The maximum atomic E-state index is 11.8. The lowest BCUT2D eigenvalue weighted by Gasteiger charge is -2.20. The fourth-order valence-electron chi connectivity index (χ4n) is 2.17. The van der Waals surface area contributed by atoms with Gasteiger partial charge < -0.3 is 4.74 Å². The quantitative estimate of drug-likeness (QED) is 0.848. The molecule has 0 radical (unpaired) electrons. The number of urea groups is 1. The highest BCUT2D eigenvalue weighted by atomic mass is 16.5. The Morgan fingerprint density at radius 3 is 1.86 bits per heavy atom. The molecule has 6 heteroatoms. The zero-order valence-corrected chi connectivity index (χ0v) is 11.4. The summed E-state index contributed by atoms with van der Waals surface area (Å²) in [6.07, 6.45) is 0. The third-order valence-corrected chi connectivity index (χ3v) is 3.19. The molecule has 1 aliphatic rings. The minimum atomic E-state index is -1.04. The van der Waals surface area contributed by atoms with Gasteiger partial charge in [0.25, 0.3) is 0 Å². The second kappa shape index (κ2) is 5.69. The summed E-state index contributed by atoms with van der Waals surface area (Å²) in [4.78, 5) is 34.6. The summed E-state index contributed by atoms with van der Waals surface area (Å²) < 4.78 is 5.64. The van der Waals surface area contributed by atoms with Gasteiger partial charge in [0.2, 0.25) is 11.8 Å². The van der Waals surface area contributed by atoms with E-state index in [4.69, 9.17) is 4.74 Å². The maximum Gasteiger partial charge on any atom is 0.328 e. The lowest BCUT2D eigenvalue weighted by Crippen LogP contribution is -2.54. The minimum Gasteiger partial charge on any atom is -0.457 e. The minimum absolute atomic E-state index is 0.489. The molecule has 3 rings (SSSR count). The van der Waals surface area contributed by atoms with Crippen LogP contribution in [0.25, 0.3) is 0 Å². The van der Waals surface area contributed by atoms with E-state index in [9.17, 15) is 14.4 Å². The van der Waals surface area contributed by atoms with E-state index in [0.29, 0.717) is 17.1 Å². The smallest absolute Gasteiger partial charge is 0.328 e. The van der Waals surface area contributed by atoms with Crippen molar-refractivity contribution >= 4 is 17.8 Å². The van der Waals surface area contributed by atoms with Crippen molar-refractivity contribution in [3.8, 4) is 11.5 Å². The van der Waals surface area contributed by atoms with Crippen LogP contribution in [0.4, 0.5) is 4.79 Å². The van der Waals surface area contributed by atoms with Crippen LogP contribution < -0.4 is 15.4 Å². The molecule has 6 nitrogen and oxygen atoms in total. The van der Waals surface area contributed by atoms with Crippen LogP contribution in [0.3, 0.4) is 0 Å². The van der Waals surface area contributed by atoms with Gasteiger partial charge in [0.1, 0.15) is 17.4 Å². The Morgan fingerprint density at radius 1 is 0.727 bits per heavy atom. The van der Waals surface area contributed by atoms with Gasteiger partial charge >= 0.3 is 6.03 Å². The van der Waals surface area contributed by atoms with Gasteiger partial charge in [-0.3, -0.25) is 20.2 Å². The molecule has 0 unspecified atom stereocenters. The largest absolute Gasteiger partial charge is 0.457 e. The zero-order valence-electron chi connectivity index (χ0n) is 11.4. The number of carbonyl (C=O) groups is 3. The summed E-state index contributed by atoms with van der Waals surface area (Å²) in [5.41, 5.74) is 0.489. The molecule has 1 aliphatic heterocycles. The fourth-order valence-corrected chi connectivity index (χ4v) is 2.17. The van der Waals surface area contributed by atoms with Crippen LogP contribution in [-0.4, -0.2) is 17.8 Å². The van der Waals surface area contributed by atoms with Crippen LogP contribution in [0.15, 0.2) is 54.6 Å². The van der Waals surface area contributed by atoms with Crippen molar-refractivity contribution in [1.29, 1.82) is 0 Å². The standard InChI is InChI=1S/C16H12N2O4/c19-14-13(15(20)18-16(21)17-14)10-6-8-12(9-7-10)22-11-4-2-1-3-5-11/h1-9,13H,(H2,17,18,19,20,21). The number of para-hydroxylation sites is 1. The summed E-state index contributed by atoms with van der Waals surface area (Å²) in [6, 6.07) is 15.0. The highest BCUT2D eigenvalue weighted by Crippen LogP contribution is 2.25. The number of hydrogen-bond donors (Lipinski definition) is 2. The molecule has 0 aromatic heterocycles. The molecule has 4 amide bonds. The molecule has 1 saturated heterocycles. The van der Waals surface area contributed by atoms with Crippen LogP contribution in [0.5, 0.6) is 11.5 Å². The summed E-state index contributed by atoms with van der Waals surface area (Å²) in [7, 11) is 0. The van der Waals surface area contributed by atoms with Crippen molar-refractivity contribution < 1.29 is 19.1 Å². The number of hydrogen-bond acceptors (Lipinski definition) is 4. The first kappa shape index (κ1) is 13.8. The zero-order chi connectivity index (χ0) is 15.5. The second-order valence-electron chi connectivity index (χ2n) is 4.72. The van der Waals surface area contributed by atoms with Gasteiger partial charge in [0, 0.05) is 0 Å². The Balaban J connectivity index is 1.78. The lowest BCUT2D eigenvalue weighted by atomic mass is 9.96. The van der Waals surface area contributed by atoms with Crippen molar-refractivity contribution in [1.82, 2.24) is 10.6 Å². The van der Waals surface area contributed by atoms with E-state index in [1.807, 2.05) is 30.3 Å². The molecule has 0 atom stereocenters. The van der Waals surface area contributed by atoms with Crippen LogP contribution in [-0.2, 0) is 9.59 Å². The van der Waals surface area contributed by atoms with Crippen LogP contribution in [0.2, 0.25) is 0 Å². The molecule has 1 fully saturated rings. The molecular formula is C16H12N2O4. The second-order valence-corrected chi connectivity index (χ2v) is 4.72. The Morgan fingerprint density at radius 2 is 1.27 bits per heavy atom. The van der Waals surface area contributed by atoms with E-state index >= 15 is 0 Å². The molecule has 22 heavy (non-hydrogen) atoms. The van der Waals surface area contributed by atoms with Crippen molar-refractivity contribution in [3.63, 3.8) is 0 Å². The van der Waals surface area contributed by atoms with E-state index < -0.39 is 23.8 Å². The van der Waals surface area contributed by atoms with Crippen molar-refractivity contribution in [3.05, 3.63) is 60.2 Å². The van der Waals surface area contributed by atoms with E-state index in [-0.39, 0.29) is 0 Å². The summed E-state index contributed by atoms with van der Waals surface area (Å²) in [6.45, 7) is 0. The normalized spacial score (nSPS) is 15.2. The monoisotopic (exact) mass is 296 g/mol. The average molecular weight is 296 g/mol. The Hall–Kier alpha value is -3.15. The number of carbonyl (C=O) groups excluding carboxylic acids is 3. The van der Waals surface area contributed by atoms with Crippen molar-refractivity contribution in [2.24, 2.45) is 0 Å². The molecule has 1 heterocycles. The predicted octanol–water partition coefficient (Wildman–Crippen LogP) is 1.93.